The summed E-state index contributed by atoms with van der Waals surface area (Å²) in [5.74, 6) is -0.169. The van der Waals surface area contributed by atoms with E-state index in [2.05, 4.69) is 73.9 Å². The van der Waals surface area contributed by atoms with Crippen molar-refractivity contribution in [2.75, 3.05) is 44.2 Å². The Balaban J connectivity index is 1.37. The highest BCUT2D eigenvalue weighted by molar-refractivity contribution is 5.99. The van der Waals surface area contributed by atoms with Gasteiger partial charge < -0.3 is 9.64 Å². The molecule has 1 fully saturated rings. The summed E-state index contributed by atoms with van der Waals surface area (Å²) in [4.78, 5) is 34.8. The number of hydrogen-bond donors (Lipinski definition) is 0. The van der Waals surface area contributed by atoms with Gasteiger partial charge in [0.2, 0.25) is 0 Å². The van der Waals surface area contributed by atoms with Crippen molar-refractivity contribution in [3.8, 4) is 11.3 Å². The van der Waals surface area contributed by atoms with Crippen LogP contribution in [0.5, 0.6) is 0 Å². The molecule has 0 N–H and O–H groups in total. The van der Waals surface area contributed by atoms with Crippen LogP contribution in [0.4, 0.5) is 5.82 Å². The molecule has 6 heteroatoms. The molecular weight excluding hydrogens is 498 g/mol. The SMILES string of the molecule is CCOC(=O)C(CCCN1CCN(c2cccc(-c3ccc4c(c3)C(C)(C)CCC4(C)C)n2)CC1)C(=O)C(C)C. The zero-order chi connectivity index (χ0) is 29.1. The Labute approximate surface area is 241 Å². The molecule has 1 aromatic heterocycles. The van der Waals surface area contributed by atoms with Crippen molar-refractivity contribution < 1.29 is 14.3 Å². The number of ketones is 1. The zero-order valence-electron chi connectivity index (χ0n) is 25.8. The normalized spacial score (nSPS) is 19.2. The molecule has 4 rings (SSSR count). The number of pyridine rings is 1. The van der Waals surface area contributed by atoms with Crippen LogP contribution in [0.25, 0.3) is 11.3 Å². The van der Waals surface area contributed by atoms with Gasteiger partial charge in [-0.15, -0.1) is 0 Å². The van der Waals surface area contributed by atoms with Crippen LogP contribution in [0.3, 0.4) is 0 Å². The van der Waals surface area contributed by atoms with E-state index in [1.54, 1.807) is 6.92 Å². The largest absolute Gasteiger partial charge is 0.465 e. The second-order valence-electron chi connectivity index (χ2n) is 13.2. The van der Waals surface area contributed by atoms with E-state index in [9.17, 15) is 9.59 Å². The molecule has 0 saturated carbocycles. The second kappa shape index (κ2) is 12.4. The number of anilines is 1. The van der Waals surface area contributed by atoms with Gasteiger partial charge in [0.25, 0.3) is 0 Å². The zero-order valence-corrected chi connectivity index (χ0v) is 25.8. The lowest BCUT2D eigenvalue weighted by Gasteiger charge is -2.42. The van der Waals surface area contributed by atoms with Gasteiger partial charge in [0.15, 0.2) is 0 Å². The number of carbonyl (C=O) groups excluding carboxylic acids is 2. The van der Waals surface area contributed by atoms with Crippen molar-refractivity contribution in [3.05, 3.63) is 47.5 Å². The van der Waals surface area contributed by atoms with E-state index in [1.807, 2.05) is 13.8 Å². The minimum atomic E-state index is -0.645. The van der Waals surface area contributed by atoms with E-state index in [1.165, 1.54) is 29.5 Å². The highest BCUT2D eigenvalue weighted by Crippen LogP contribution is 2.46. The molecule has 6 nitrogen and oxygen atoms in total. The number of aromatic nitrogens is 1. The molecule has 1 aliphatic carbocycles. The van der Waals surface area contributed by atoms with Crippen LogP contribution >= 0.6 is 0 Å². The number of carbonyl (C=O) groups is 2. The fraction of sp³-hybridized carbons (Fsp3) is 0.618. The molecule has 2 aliphatic rings. The molecule has 0 spiro atoms. The van der Waals surface area contributed by atoms with Crippen LogP contribution in [-0.2, 0) is 25.2 Å². The average molecular weight is 548 g/mol. The smallest absolute Gasteiger partial charge is 0.316 e. The molecular formula is C34H49N3O3. The lowest BCUT2D eigenvalue weighted by atomic mass is 9.63. The summed E-state index contributed by atoms with van der Waals surface area (Å²) in [7, 11) is 0. The van der Waals surface area contributed by atoms with Gasteiger partial charge in [-0.05, 0) is 79.3 Å². The Bertz CT molecular complexity index is 1190. The van der Waals surface area contributed by atoms with Gasteiger partial charge in [0, 0.05) is 37.7 Å². The molecule has 2 heterocycles. The molecule has 2 aromatic rings. The molecule has 218 valence electrons. The predicted octanol–water partition coefficient (Wildman–Crippen LogP) is 6.40. The lowest BCUT2D eigenvalue weighted by molar-refractivity contribution is -0.152. The fourth-order valence-electron chi connectivity index (χ4n) is 6.25. The molecule has 1 saturated heterocycles. The van der Waals surface area contributed by atoms with E-state index in [0.717, 1.165) is 50.7 Å². The van der Waals surface area contributed by atoms with Crippen molar-refractivity contribution in [1.29, 1.82) is 0 Å². The Morgan fingerprint density at radius 1 is 0.950 bits per heavy atom. The van der Waals surface area contributed by atoms with Gasteiger partial charge in [-0.2, -0.15) is 0 Å². The number of Topliss-reactive ketones (excluding diaryl/α,β-unsaturated/α-hetero) is 1. The molecule has 0 radical (unpaired) electrons. The first-order chi connectivity index (χ1) is 18.9. The molecule has 0 bridgehead atoms. The third kappa shape index (κ3) is 6.76. The van der Waals surface area contributed by atoms with Crippen molar-refractivity contribution in [3.63, 3.8) is 0 Å². The highest BCUT2D eigenvalue weighted by atomic mass is 16.5. The Kier molecular flexibility index (Phi) is 9.39. The standard InChI is InChI=1S/C34H49N3O3/c1-8-40-32(39)26(31(38)24(2)3)11-10-18-36-19-21-37(22-20-36)30-13-9-12-29(35-30)25-14-15-27-28(23-25)34(6,7)17-16-33(27,4)5/h9,12-15,23-24,26H,8,10-11,16-22H2,1-7H3. The van der Waals surface area contributed by atoms with E-state index in [0.29, 0.717) is 13.0 Å². The molecule has 1 aromatic carbocycles. The first kappa shape index (κ1) is 30.2. The topological polar surface area (TPSA) is 62.7 Å². The highest BCUT2D eigenvalue weighted by Gasteiger charge is 2.37. The van der Waals surface area contributed by atoms with E-state index in [4.69, 9.17) is 9.72 Å². The molecule has 40 heavy (non-hydrogen) atoms. The fourth-order valence-corrected chi connectivity index (χ4v) is 6.25. The quantitative estimate of drug-likeness (QED) is 0.253. The van der Waals surface area contributed by atoms with Crippen molar-refractivity contribution in [1.82, 2.24) is 9.88 Å². The first-order valence-corrected chi connectivity index (χ1v) is 15.2. The Morgan fingerprint density at radius 3 is 2.27 bits per heavy atom. The number of nitrogens with zero attached hydrogens (tertiary/aromatic N) is 3. The van der Waals surface area contributed by atoms with Gasteiger partial charge in [-0.25, -0.2) is 4.98 Å². The monoisotopic (exact) mass is 547 g/mol. The third-order valence-corrected chi connectivity index (χ3v) is 9.03. The summed E-state index contributed by atoms with van der Waals surface area (Å²) >= 11 is 0. The average Bonchev–Trinajstić information content (AvgIpc) is 2.93. The molecule has 1 unspecified atom stereocenters. The van der Waals surface area contributed by atoms with E-state index < -0.39 is 5.92 Å². The summed E-state index contributed by atoms with van der Waals surface area (Å²) in [6.07, 6.45) is 3.77. The summed E-state index contributed by atoms with van der Waals surface area (Å²) < 4.78 is 5.18. The van der Waals surface area contributed by atoms with Gasteiger partial charge in [0.1, 0.15) is 17.5 Å². The van der Waals surface area contributed by atoms with Crippen LogP contribution in [0.15, 0.2) is 36.4 Å². The van der Waals surface area contributed by atoms with Crippen LogP contribution in [0, 0.1) is 11.8 Å². The number of benzene rings is 1. The van der Waals surface area contributed by atoms with E-state index >= 15 is 0 Å². The minimum absolute atomic E-state index is 0.0135. The second-order valence-corrected chi connectivity index (χ2v) is 13.2. The number of fused-ring (bicyclic) bond motifs is 1. The number of rotatable bonds is 10. The maximum Gasteiger partial charge on any atom is 0.316 e. The van der Waals surface area contributed by atoms with Crippen LogP contribution < -0.4 is 4.90 Å². The summed E-state index contributed by atoms with van der Waals surface area (Å²) in [6, 6.07) is 13.3. The van der Waals surface area contributed by atoms with Crippen molar-refractivity contribution >= 4 is 17.6 Å². The van der Waals surface area contributed by atoms with Crippen LogP contribution in [-0.4, -0.2) is 61.0 Å². The van der Waals surface area contributed by atoms with Gasteiger partial charge >= 0.3 is 5.97 Å². The van der Waals surface area contributed by atoms with E-state index in [-0.39, 0.29) is 28.5 Å². The number of ether oxygens (including phenoxy) is 1. The summed E-state index contributed by atoms with van der Waals surface area (Å²) in [5, 5.41) is 0. The molecule has 1 aliphatic heterocycles. The Hall–Kier alpha value is -2.73. The first-order valence-electron chi connectivity index (χ1n) is 15.2. The van der Waals surface area contributed by atoms with Crippen LogP contribution in [0.2, 0.25) is 0 Å². The maximum absolute atomic E-state index is 12.6. The third-order valence-electron chi connectivity index (χ3n) is 9.03. The Morgan fingerprint density at radius 2 is 1.62 bits per heavy atom. The minimum Gasteiger partial charge on any atom is -0.465 e. The lowest BCUT2D eigenvalue weighted by Crippen LogP contribution is -2.47. The van der Waals surface area contributed by atoms with Crippen molar-refractivity contribution in [2.24, 2.45) is 11.8 Å². The summed E-state index contributed by atoms with van der Waals surface area (Å²) in [5.41, 5.74) is 5.54. The summed E-state index contributed by atoms with van der Waals surface area (Å²) in [6.45, 7) is 19.8. The van der Waals surface area contributed by atoms with Crippen LogP contribution in [0.1, 0.15) is 85.3 Å². The van der Waals surface area contributed by atoms with Crippen molar-refractivity contribution in [2.45, 2.75) is 85.0 Å². The van der Waals surface area contributed by atoms with Gasteiger partial charge in [-0.3, -0.25) is 14.5 Å². The molecule has 1 atom stereocenters. The predicted molar refractivity (Wildman–Crippen MR) is 163 cm³/mol. The molecule has 0 amide bonds. The number of esters is 1. The number of piperazine rings is 1. The van der Waals surface area contributed by atoms with Gasteiger partial charge in [0.05, 0.1) is 12.3 Å². The number of hydrogen-bond acceptors (Lipinski definition) is 6. The maximum atomic E-state index is 12.6. The van der Waals surface area contributed by atoms with Gasteiger partial charge in [-0.1, -0.05) is 59.7 Å².